The van der Waals surface area contributed by atoms with Crippen molar-refractivity contribution in [1.82, 2.24) is 5.32 Å². The summed E-state index contributed by atoms with van der Waals surface area (Å²) >= 11 is 0. The molecule has 0 aliphatic carbocycles. The third-order valence-corrected chi connectivity index (χ3v) is 4.37. The van der Waals surface area contributed by atoms with Gasteiger partial charge in [-0.3, -0.25) is 19.7 Å². The summed E-state index contributed by atoms with van der Waals surface area (Å²) in [5, 5.41) is 1.92. The summed E-state index contributed by atoms with van der Waals surface area (Å²) in [6, 6.07) is 5.11. The molecule has 0 spiro atoms. The zero-order valence-electron chi connectivity index (χ0n) is 15.4. The van der Waals surface area contributed by atoms with E-state index in [0.717, 1.165) is 7.11 Å². The Hall–Kier alpha value is -3.30. The SMILES string of the molecule is COC(=O)NC(=O)[C@H](C)OC(=O)[C@@H]1CC(=O)N(c2ccc3c(c2)OCCO3)C1. The van der Waals surface area contributed by atoms with Gasteiger partial charge in [-0.15, -0.1) is 0 Å². The number of nitrogens with zero attached hydrogens (tertiary/aromatic N) is 1. The number of rotatable bonds is 4. The Labute approximate surface area is 160 Å². The molecule has 3 amide bonds. The van der Waals surface area contributed by atoms with Crippen molar-refractivity contribution in [2.24, 2.45) is 5.92 Å². The van der Waals surface area contributed by atoms with E-state index in [1.165, 1.54) is 11.8 Å². The number of carbonyl (C=O) groups excluding carboxylic acids is 4. The van der Waals surface area contributed by atoms with Crippen LogP contribution in [0.1, 0.15) is 13.3 Å². The van der Waals surface area contributed by atoms with E-state index in [2.05, 4.69) is 4.74 Å². The molecular formula is C18H20N2O8. The van der Waals surface area contributed by atoms with E-state index in [1.54, 1.807) is 18.2 Å². The number of imide groups is 1. The minimum absolute atomic E-state index is 0.0430. The molecule has 0 radical (unpaired) electrons. The summed E-state index contributed by atoms with van der Waals surface area (Å²) in [4.78, 5) is 49.0. The van der Waals surface area contributed by atoms with Crippen LogP contribution >= 0.6 is 0 Å². The monoisotopic (exact) mass is 392 g/mol. The number of fused-ring (bicyclic) bond motifs is 1. The molecule has 10 heteroatoms. The number of alkyl carbamates (subject to hydrolysis) is 1. The second-order valence-electron chi connectivity index (χ2n) is 6.29. The van der Waals surface area contributed by atoms with Crippen LogP contribution in [0.3, 0.4) is 0 Å². The number of esters is 1. The maximum atomic E-state index is 12.4. The minimum Gasteiger partial charge on any atom is -0.486 e. The molecule has 1 N–H and O–H groups in total. The van der Waals surface area contributed by atoms with E-state index in [4.69, 9.17) is 14.2 Å². The molecule has 1 fully saturated rings. The number of ether oxygens (including phenoxy) is 4. The highest BCUT2D eigenvalue weighted by Gasteiger charge is 2.37. The van der Waals surface area contributed by atoms with Gasteiger partial charge in [-0.2, -0.15) is 0 Å². The smallest absolute Gasteiger partial charge is 0.413 e. The van der Waals surface area contributed by atoms with E-state index in [1.807, 2.05) is 5.32 Å². The molecule has 1 aromatic carbocycles. The Kier molecular flexibility index (Phi) is 5.67. The molecule has 2 atom stereocenters. The molecule has 3 rings (SSSR count). The maximum absolute atomic E-state index is 12.4. The summed E-state index contributed by atoms with van der Waals surface area (Å²) in [5.41, 5.74) is 0.584. The van der Waals surface area contributed by atoms with Crippen LogP contribution in [0.4, 0.5) is 10.5 Å². The lowest BCUT2D eigenvalue weighted by molar-refractivity contribution is -0.158. The van der Waals surface area contributed by atoms with Crippen LogP contribution in [0.25, 0.3) is 0 Å². The molecule has 10 nitrogen and oxygen atoms in total. The summed E-state index contributed by atoms with van der Waals surface area (Å²) in [6.07, 6.45) is -2.20. The summed E-state index contributed by atoms with van der Waals surface area (Å²) in [6.45, 7) is 2.32. The largest absolute Gasteiger partial charge is 0.486 e. The highest BCUT2D eigenvalue weighted by molar-refractivity contribution is 6.00. The number of carbonyl (C=O) groups is 4. The van der Waals surface area contributed by atoms with Gasteiger partial charge in [0.2, 0.25) is 5.91 Å². The standard InChI is InChI=1S/C18H20N2O8/c1-10(16(22)19-18(24)25-2)28-17(23)11-7-15(21)20(9-11)12-3-4-13-14(8-12)27-6-5-26-13/h3-4,8,10-11H,5-7,9H2,1-2H3,(H,19,22,24)/t10-,11+/m0/s1. The molecule has 2 heterocycles. The summed E-state index contributed by atoms with van der Waals surface area (Å²) in [7, 11) is 1.11. The molecule has 2 aliphatic heterocycles. The van der Waals surface area contributed by atoms with Crippen molar-refractivity contribution in [3.8, 4) is 11.5 Å². The Balaban J connectivity index is 1.61. The lowest BCUT2D eigenvalue weighted by Crippen LogP contribution is -2.40. The van der Waals surface area contributed by atoms with Crippen molar-refractivity contribution in [2.45, 2.75) is 19.4 Å². The van der Waals surface area contributed by atoms with Crippen molar-refractivity contribution < 1.29 is 38.1 Å². The van der Waals surface area contributed by atoms with Gasteiger partial charge in [0.1, 0.15) is 13.2 Å². The Morgan fingerprint density at radius 2 is 1.93 bits per heavy atom. The van der Waals surface area contributed by atoms with Crippen molar-refractivity contribution in [1.29, 1.82) is 0 Å². The van der Waals surface area contributed by atoms with Gasteiger partial charge in [-0.1, -0.05) is 0 Å². The lowest BCUT2D eigenvalue weighted by atomic mass is 10.1. The first kappa shape index (κ1) is 19.5. The van der Waals surface area contributed by atoms with E-state index < -0.39 is 30.0 Å². The fraction of sp³-hybridized carbons (Fsp3) is 0.444. The molecule has 28 heavy (non-hydrogen) atoms. The number of anilines is 1. The van der Waals surface area contributed by atoms with Crippen LogP contribution in [-0.4, -0.2) is 56.8 Å². The molecule has 0 saturated carbocycles. The summed E-state index contributed by atoms with van der Waals surface area (Å²) in [5.74, 6) is -1.34. The quantitative estimate of drug-likeness (QED) is 0.741. The lowest BCUT2D eigenvalue weighted by Gasteiger charge is -2.22. The van der Waals surface area contributed by atoms with Crippen LogP contribution in [0.15, 0.2) is 18.2 Å². The zero-order chi connectivity index (χ0) is 20.3. The fourth-order valence-corrected chi connectivity index (χ4v) is 2.89. The van der Waals surface area contributed by atoms with Gasteiger partial charge in [0.15, 0.2) is 17.6 Å². The number of nitrogens with one attached hydrogen (secondary N) is 1. The number of amides is 3. The van der Waals surface area contributed by atoms with Gasteiger partial charge in [0.25, 0.3) is 5.91 Å². The molecule has 150 valence electrons. The van der Waals surface area contributed by atoms with Gasteiger partial charge in [-0.05, 0) is 19.1 Å². The van der Waals surface area contributed by atoms with E-state index in [0.29, 0.717) is 30.4 Å². The van der Waals surface area contributed by atoms with Gasteiger partial charge in [0.05, 0.1) is 13.0 Å². The normalized spacial score (nSPS) is 19.0. The molecule has 0 bridgehead atoms. The second kappa shape index (κ2) is 8.15. The van der Waals surface area contributed by atoms with Crippen LogP contribution < -0.4 is 19.7 Å². The first-order valence-corrected chi connectivity index (χ1v) is 8.68. The number of methoxy groups -OCH3 is 1. The van der Waals surface area contributed by atoms with Gasteiger partial charge < -0.3 is 23.8 Å². The molecule has 1 saturated heterocycles. The third-order valence-electron chi connectivity index (χ3n) is 4.37. The number of hydrogen-bond acceptors (Lipinski definition) is 8. The Morgan fingerprint density at radius 1 is 1.21 bits per heavy atom. The van der Waals surface area contributed by atoms with E-state index >= 15 is 0 Å². The van der Waals surface area contributed by atoms with Gasteiger partial charge in [-0.25, -0.2) is 4.79 Å². The van der Waals surface area contributed by atoms with Crippen LogP contribution in [-0.2, 0) is 23.9 Å². The maximum Gasteiger partial charge on any atom is 0.413 e. The average Bonchev–Trinajstić information content (AvgIpc) is 3.09. The van der Waals surface area contributed by atoms with Crippen molar-refractivity contribution in [3.05, 3.63) is 18.2 Å². The Bertz CT molecular complexity index is 809. The van der Waals surface area contributed by atoms with Gasteiger partial charge >= 0.3 is 12.1 Å². The van der Waals surface area contributed by atoms with Gasteiger partial charge in [0, 0.05) is 24.7 Å². The zero-order valence-corrected chi connectivity index (χ0v) is 15.4. The number of benzene rings is 1. The minimum atomic E-state index is -1.20. The fourth-order valence-electron chi connectivity index (χ4n) is 2.89. The van der Waals surface area contributed by atoms with E-state index in [9.17, 15) is 19.2 Å². The molecule has 1 aromatic rings. The highest BCUT2D eigenvalue weighted by Crippen LogP contribution is 2.36. The average molecular weight is 392 g/mol. The summed E-state index contributed by atoms with van der Waals surface area (Å²) < 4.78 is 20.4. The molecule has 0 unspecified atom stereocenters. The van der Waals surface area contributed by atoms with Crippen molar-refractivity contribution in [2.75, 3.05) is 31.8 Å². The predicted octanol–water partition coefficient (Wildman–Crippen LogP) is 0.625. The van der Waals surface area contributed by atoms with Crippen molar-refractivity contribution >= 4 is 29.6 Å². The van der Waals surface area contributed by atoms with Crippen LogP contribution in [0, 0.1) is 5.92 Å². The molecular weight excluding hydrogens is 372 g/mol. The molecule has 0 aromatic heterocycles. The first-order valence-electron chi connectivity index (χ1n) is 8.68. The first-order chi connectivity index (χ1) is 13.4. The van der Waals surface area contributed by atoms with Crippen molar-refractivity contribution in [3.63, 3.8) is 0 Å². The van der Waals surface area contributed by atoms with Crippen LogP contribution in [0.2, 0.25) is 0 Å². The number of hydrogen-bond donors (Lipinski definition) is 1. The highest BCUT2D eigenvalue weighted by atomic mass is 16.6. The predicted molar refractivity (Wildman–Crippen MR) is 94.0 cm³/mol. The van der Waals surface area contributed by atoms with Crippen LogP contribution in [0.5, 0.6) is 11.5 Å². The second-order valence-corrected chi connectivity index (χ2v) is 6.29. The third kappa shape index (κ3) is 4.16. The van der Waals surface area contributed by atoms with E-state index in [-0.39, 0.29) is 18.9 Å². The Morgan fingerprint density at radius 3 is 2.64 bits per heavy atom. The molecule has 2 aliphatic rings. The topological polar surface area (TPSA) is 120 Å².